The van der Waals surface area contributed by atoms with Crippen molar-refractivity contribution in [3.8, 4) is 5.75 Å². The molecule has 0 bridgehead atoms. The summed E-state index contributed by atoms with van der Waals surface area (Å²) in [5, 5.41) is 0. The highest BCUT2D eigenvalue weighted by Gasteiger charge is 2.34. The molecule has 0 N–H and O–H groups in total. The minimum Gasteiger partial charge on any atom is -0.492 e. The molecule has 1 aromatic carbocycles. The lowest BCUT2D eigenvalue weighted by atomic mass is 9.87. The molecule has 0 saturated carbocycles. The Bertz CT molecular complexity index is 298. The lowest BCUT2D eigenvalue weighted by Crippen LogP contribution is -2.25. The zero-order valence-electron chi connectivity index (χ0n) is 7.01. The summed E-state index contributed by atoms with van der Waals surface area (Å²) in [6, 6.07) is 8.09. The maximum atomic E-state index is 5.90. The van der Waals surface area contributed by atoms with Crippen LogP contribution in [0.2, 0.25) is 0 Å². The standard InChI is InChI=1S/C10H11ClO/c1-10(6-11)7-12-9-5-3-2-4-8(9)10/h2-5H,6-7H2,1H3/t10-/m1/s1. The molecule has 1 nitrogen and oxygen atoms in total. The number of alkyl halides is 1. The highest BCUT2D eigenvalue weighted by Crippen LogP contribution is 2.38. The van der Waals surface area contributed by atoms with Crippen molar-refractivity contribution in [3.05, 3.63) is 29.8 Å². The molecule has 0 aliphatic carbocycles. The molecule has 2 heteroatoms. The molecule has 0 aromatic heterocycles. The molecule has 0 fully saturated rings. The number of fused-ring (bicyclic) bond motifs is 1. The van der Waals surface area contributed by atoms with E-state index in [1.54, 1.807) is 0 Å². The maximum Gasteiger partial charge on any atom is 0.123 e. The number of para-hydroxylation sites is 1. The lowest BCUT2D eigenvalue weighted by Gasteiger charge is -2.18. The summed E-state index contributed by atoms with van der Waals surface area (Å²) in [5.41, 5.74) is 1.25. The zero-order valence-corrected chi connectivity index (χ0v) is 7.77. The summed E-state index contributed by atoms with van der Waals surface area (Å²) < 4.78 is 5.52. The third kappa shape index (κ3) is 1.00. The molecular formula is C10H11ClO. The zero-order chi connectivity index (χ0) is 8.60. The van der Waals surface area contributed by atoms with E-state index in [0.29, 0.717) is 12.5 Å². The summed E-state index contributed by atoms with van der Waals surface area (Å²) >= 11 is 5.90. The number of benzene rings is 1. The minimum absolute atomic E-state index is 0.0121. The molecule has 0 saturated heterocycles. The van der Waals surface area contributed by atoms with E-state index in [1.807, 2.05) is 18.2 Å². The maximum absolute atomic E-state index is 5.90. The molecule has 1 atom stereocenters. The van der Waals surface area contributed by atoms with Crippen LogP contribution >= 0.6 is 11.6 Å². The van der Waals surface area contributed by atoms with Gasteiger partial charge in [0.1, 0.15) is 5.75 Å². The van der Waals surface area contributed by atoms with Crippen LogP contribution in [0.3, 0.4) is 0 Å². The summed E-state index contributed by atoms with van der Waals surface area (Å²) in [6.07, 6.45) is 0. The van der Waals surface area contributed by atoms with E-state index in [9.17, 15) is 0 Å². The Morgan fingerprint density at radius 2 is 2.25 bits per heavy atom. The average Bonchev–Trinajstić information content (AvgIpc) is 2.46. The van der Waals surface area contributed by atoms with Gasteiger partial charge in [0.05, 0.1) is 6.61 Å². The second-order valence-electron chi connectivity index (χ2n) is 3.48. The molecule has 0 spiro atoms. The van der Waals surface area contributed by atoms with Crippen LogP contribution in [0.15, 0.2) is 24.3 Å². The predicted molar refractivity (Wildman–Crippen MR) is 50.0 cm³/mol. The van der Waals surface area contributed by atoms with Crippen molar-refractivity contribution < 1.29 is 4.74 Å². The van der Waals surface area contributed by atoms with Crippen LogP contribution in [-0.2, 0) is 5.41 Å². The number of hydrogen-bond donors (Lipinski definition) is 0. The molecule has 2 rings (SSSR count). The first-order valence-corrected chi connectivity index (χ1v) is 4.58. The Morgan fingerprint density at radius 1 is 1.50 bits per heavy atom. The van der Waals surface area contributed by atoms with Gasteiger partial charge in [-0.15, -0.1) is 11.6 Å². The van der Waals surface area contributed by atoms with Gasteiger partial charge in [-0.25, -0.2) is 0 Å². The van der Waals surface area contributed by atoms with E-state index in [-0.39, 0.29) is 5.41 Å². The van der Waals surface area contributed by atoms with E-state index in [2.05, 4.69) is 13.0 Å². The topological polar surface area (TPSA) is 9.23 Å². The number of rotatable bonds is 1. The van der Waals surface area contributed by atoms with Crippen molar-refractivity contribution in [2.45, 2.75) is 12.3 Å². The van der Waals surface area contributed by atoms with Crippen molar-refractivity contribution in [2.24, 2.45) is 0 Å². The van der Waals surface area contributed by atoms with Gasteiger partial charge in [-0.2, -0.15) is 0 Å². The first kappa shape index (κ1) is 7.93. The molecule has 12 heavy (non-hydrogen) atoms. The Hall–Kier alpha value is -0.690. The molecule has 64 valence electrons. The Morgan fingerprint density at radius 3 is 3.00 bits per heavy atom. The third-order valence-electron chi connectivity index (χ3n) is 2.38. The SMILES string of the molecule is C[C@@]1(CCl)COc2ccccc21. The van der Waals surface area contributed by atoms with E-state index in [4.69, 9.17) is 16.3 Å². The second-order valence-corrected chi connectivity index (χ2v) is 3.75. The highest BCUT2D eigenvalue weighted by atomic mass is 35.5. The van der Waals surface area contributed by atoms with E-state index in [1.165, 1.54) is 5.56 Å². The third-order valence-corrected chi connectivity index (χ3v) is 2.97. The van der Waals surface area contributed by atoms with Crippen LogP contribution in [0.4, 0.5) is 0 Å². The molecule has 1 aliphatic rings. The summed E-state index contributed by atoms with van der Waals surface area (Å²) in [6.45, 7) is 2.84. The van der Waals surface area contributed by atoms with Gasteiger partial charge in [-0.3, -0.25) is 0 Å². The second kappa shape index (κ2) is 2.67. The summed E-state index contributed by atoms with van der Waals surface area (Å²) in [5.74, 6) is 1.60. The van der Waals surface area contributed by atoms with Crippen LogP contribution in [-0.4, -0.2) is 12.5 Å². The largest absolute Gasteiger partial charge is 0.492 e. The minimum atomic E-state index is 0.0121. The summed E-state index contributed by atoms with van der Waals surface area (Å²) in [7, 11) is 0. The highest BCUT2D eigenvalue weighted by molar-refractivity contribution is 6.18. The monoisotopic (exact) mass is 182 g/mol. The van der Waals surface area contributed by atoms with Gasteiger partial charge in [0, 0.05) is 16.9 Å². The summed E-state index contributed by atoms with van der Waals surface area (Å²) in [4.78, 5) is 0. The molecule has 1 aromatic rings. The lowest BCUT2D eigenvalue weighted by molar-refractivity contribution is 0.293. The first-order valence-electron chi connectivity index (χ1n) is 4.04. The first-order chi connectivity index (χ1) is 5.76. The van der Waals surface area contributed by atoms with Crippen molar-refractivity contribution in [2.75, 3.05) is 12.5 Å². The van der Waals surface area contributed by atoms with Gasteiger partial charge in [-0.1, -0.05) is 25.1 Å². The van der Waals surface area contributed by atoms with Crippen molar-refractivity contribution in [3.63, 3.8) is 0 Å². The average molecular weight is 183 g/mol. The van der Waals surface area contributed by atoms with Crippen molar-refractivity contribution in [1.82, 2.24) is 0 Å². The van der Waals surface area contributed by atoms with Gasteiger partial charge < -0.3 is 4.74 Å². The van der Waals surface area contributed by atoms with Crippen LogP contribution in [0.1, 0.15) is 12.5 Å². The molecule has 1 aliphatic heterocycles. The van der Waals surface area contributed by atoms with Gasteiger partial charge in [0.25, 0.3) is 0 Å². The normalized spacial score (nSPS) is 26.5. The fourth-order valence-corrected chi connectivity index (χ4v) is 1.74. The molecule has 0 unspecified atom stereocenters. The van der Waals surface area contributed by atoms with E-state index < -0.39 is 0 Å². The van der Waals surface area contributed by atoms with E-state index in [0.717, 1.165) is 5.75 Å². The van der Waals surface area contributed by atoms with Gasteiger partial charge in [0.15, 0.2) is 0 Å². The van der Waals surface area contributed by atoms with Crippen molar-refractivity contribution >= 4 is 11.6 Å². The number of ether oxygens (including phenoxy) is 1. The number of halogens is 1. The van der Waals surface area contributed by atoms with Crippen LogP contribution < -0.4 is 4.74 Å². The molecular weight excluding hydrogens is 172 g/mol. The Balaban J connectivity index is 2.49. The van der Waals surface area contributed by atoms with Crippen LogP contribution in [0.5, 0.6) is 5.75 Å². The Labute approximate surface area is 77.3 Å². The van der Waals surface area contributed by atoms with Gasteiger partial charge in [0.2, 0.25) is 0 Å². The Kier molecular flexibility index (Phi) is 1.76. The quantitative estimate of drug-likeness (QED) is 0.607. The molecule has 0 radical (unpaired) electrons. The molecule has 1 heterocycles. The van der Waals surface area contributed by atoms with E-state index >= 15 is 0 Å². The van der Waals surface area contributed by atoms with Crippen LogP contribution in [0, 0.1) is 0 Å². The van der Waals surface area contributed by atoms with Crippen LogP contribution in [0.25, 0.3) is 0 Å². The fraction of sp³-hybridized carbons (Fsp3) is 0.400. The fourth-order valence-electron chi connectivity index (χ4n) is 1.52. The predicted octanol–water partition coefficient (Wildman–Crippen LogP) is 2.58. The van der Waals surface area contributed by atoms with Gasteiger partial charge in [-0.05, 0) is 6.07 Å². The smallest absolute Gasteiger partial charge is 0.123 e. The van der Waals surface area contributed by atoms with Gasteiger partial charge >= 0.3 is 0 Å². The molecule has 0 amide bonds. The number of hydrogen-bond acceptors (Lipinski definition) is 1. The van der Waals surface area contributed by atoms with Crippen molar-refractivity contribution in [1.29, 1.82) is 0 Å².